The highest BCUT2D eigenvalue weighted by Gasteiger charge is 2.57. The molecule has 3 aliphatic rings. The first kappa shape index (κ1) is 64.0. The Morgan fingerprint density at radius 3 is 1.88 bits per heavy atom. The van der Waals surface area contributed by atoms with E-state index < -0.39 is 126 Å². The summed E-state index contributed by atoms with van der Waals surface area (Å²) in [6, 6.07) is 3.63. The lowest BCUT2D eigenvalue weighted by molar-refractivity contribution is -0.221. The molecule has 3 fully saturated rings. The molecule has 2 unspecified atom stereocenters. The number of hydrogen-bond acceptors (Lipinski definition) is 14. The molecule has 28 heteroatoms. The summed E-state index contributed by atoms with van der Waals surface area (Å²) in [5, 5.41) is 28.1. The lowest BCUT2D eigenvalue weighted by Gasteiger charge is -2.48. The fraction of sp³-hybridized carbons (Fsp3) is 0.519. The molecule has 2 aromatic carbocycles. The predicted octanol–water partition coefficient (Wildman–Crippen LogP) is 6.36. The Kier molecular flexibility index (Phi) is 20.6. The number of halogens is 10. The number of amides is 4. The number of piperazine rings is 1. The molecule has 82 heavy (non-hydrogen) atoms. The molecule has 6 rings (SSSR count). The van der Waals surface area contributed by atoms with Crippen LogP contribution in [0.2, 0.25) is 0 Å². The summed E-state index contributed by atoms with van der Waals surface area (Å²) < 4.78 is 159. The molecule has 1 aromatic heterocycles. The van der Waals surface area contributed by atoms with E-state index in [2.05, 4.69) is 36.4 Å². The third-order valence-electron chi connectivity index (χ3n) is 14.8. The van der Waals surface area contributed by atoms with Gasteiger partial charge in [0, 0.05) is 72.9 Å². The zero-order valence-corrected chi connectivity index (χ0v) is 45.6. The summed E-state index contributed by atoms with van der Waals surface area (Å²) in [6.07, 6.45) is -10.8. The smallest absolute Gasteiger partial charge is 0.407 e. The largest absolute Gasteiger partial charge is 0.453 e. The molecule has 3 aliphatic heterocycles. The lowest BCUT2D eigenvalue weighted by atomic mass is 9.82. The Balaban J connectivity index is 1.32. The number of aryl methyl sites for hydroxylation is 1. The molecule has 18 nitrogen and oxygen atoms in total. The number of nitrogens with one attached hydrogen (secondary N) is 6. The number of aromatic nitrogens is 1. The van der Waals surface area contributed by atoms with Gasteiger partial charge in [-0.05, 0) is 101 Å². The monoisotopic (exact) mass is 1170 g/mol. The summed E-state index contributed by atoms with van der Waals surface area (Å²) >= 11 is 0. The number of methoxy groups -OCH3 is 2. The van der Waals surface area contributed by atoms with E-state index in [9.17, 15) is 59.4 Å². The number of pyridine rings is 1. The highest BCUT2D eigenvalue weighted by Crippen LogP contribution is 2.42. The maximum Gasteiger partial charge on any atom is 0.407 e. The topological polar surface area (TPSA) is 223 Å². The first-order valence-electron chi connectivity index (χ1n) is 25.7. The molecular formula is C54H64F10N10O8. The van der Waals surface area contributed by atoms with Gasteiger partial charge in [0.2, 0.25) is 5.91 Å². The number of carbonyl (C=O) groups excluding carboxylic acids is 4. The number of benzene rings is 2. The van der Waals surface area contributed by atoms with E-state index in [0.717, 1.165) is 70.8 Å². The van der Waals surface area contributed by atoms with Crippen LogP contribution in [0.4, 0.5) is 59.3 Å². The van der Waals surface area contributed by atoms with Crippen LogP contribution in [-0.4, -0.2) is 158 Å². The Bertz CT molecular complexity index is 2860. The second kappa shape index (κ2) is 26.4. The minimum Gasteiger partial charge on any atom is -0.453 e. The Labute approximate surface area is 466 Å². The molecule has 4 heterocycles. The molecule has 0 spiro atoms. The van der Waals surface area contributed by atoms with Gasteiger partial charge in [-0.3, -0.25) is 19.9 Å². The average Bonchev–Trinajstić information content (AvgIpc) is 3.44. The fourth-order valence-electron chi connectivity index (χ4n) is 9.58. The van der Waals surface area contributed by atoms with Crippen LogP contribution in [0.25, 0.3) is 0 Å². The number of alkyl carbamates (subject to hydrolysis) is 2. The van der Waals surface area contributed by atoms with Gasteiger partial charge in [-0.15, -0.1) is 0 Å². The van der Waals surface area contributed by atoms with Crippen molar-refractivity contribution in [2.75, 3.05) is 52.0 Å². The third-order valence-corrected chi connectivity index (χ3v) is 14.8. The average molecular weight is 1170 g/mol. The van der Waals surface area contributed by atoms with E-state index in [1.54, 1.807) is 29.0 Å². The van der Waals surface area contributed by atoms with Crippen molar-refractivity contribution in [1.82, 2.24) is 41.6 Å². The molecule has 448 valence electrons. The van der Waals surface area contributed by atoms with Crippen molar-refractivity contribution in [2.24, 2.45) is 10.8 Å². The van der Waals surface area contributed by atoms with Crippen molar-refractivity contribution in [3.05, 3.63) is 106 Å². The molecule has 2 bridgehead atoms. The van der Waals surface area contributed by atoms with E-state index in [4.69, 9.17) is 15.1 Å². The number of hydrogen-bond donors (Lipinski definition) is 7. The number of aliphatic hydroxyl groups is 1. The van der Waals surface area contributed by atoms with Crippen LogP contribution in [0.1, 0.15) is 73.9 Å². The van der Waals surface area contributed by atoms with Crippen molar-refractivity contribution in [2.45, 2.75) is 122 Å². The van der Waals surface area contributed by atoms with Gasteiger partial charge in [-0.1, -0.05) is 24.0 Å². The van der Waals surface area contributed by atoms with Crippen LogP contribution >= 0.6 is 0 Å². The van der Waals surface area contributed by atoms with Crippen LogP contribution in [0.3, 0.4) is 0 Å². The zero-order valence-electron chi connectivity index (χ0n) is 45.6. The van der Waals surface area contributed by atoms with E-state index in [1.807, 2.05) is 23.7 Å². The van der Waals surface area contributed by atoms with Crippen LogP contribution < -0.4 is 31.6 Å². The number of hydrazine groups is 1. The number of fused-ring (bicyclic) bond motifs is 2. The number of aliphatic hydroxyl groups excluding tert-OH is 1. The van der Waals surface area contributed by atoms with E-state index >= 15 is 8.78 Å². The second-order valence-corrected chi connectivity index (χ2v) is 21.2. The van der Waals surface area contributed by atoms with Crippen LogP contribution in [-0.2, 0) is 36.8 Å². The minimum atomic E-state index is -5.24. The standard InChI is InChI=1S/C54H64F10N10O8/c1-29-18-43(72-23-34-14-15-35(24-72)74(34)36-27-82-28-36)67-22-32(29)13-12-30-8-10-31(11-9-30)19-41(68-46(76)44(69-49(78)80-6)51(2,3)53(59,60)61)42(75)26-73(71-47(77)45(70-50(79)81-7)52(4,5)54(62,63)64)25-37-38(55)20-33(21-39(37)56)40(65)16-17-66-48(57)58/h8-11,16-18,20-22,34-36,41-42,44-45,48,65-66,75H,14-15,19,23-28H2,1-7H3,(H,68,76)(H,69,78)(H,70,79)(H,71,77)/b17-16-,65-40?/t34?,35?,41-,42-,44+,45+/m0/s1. The van der Waals surface area contributed by atoms with Gasteiger partial charge in [0.05, 0.1) is 62.2 Å². The van der Waals surface area contributed by atoms with Crippen molar-refractivity contribution in [3.8, 4) is 11.8 Å². The van der Waals surface area contributed by atoms with Crippen molar-refractivity contribution in [1.29, 1.82) is 5.41 Å². The SMILES string of the molecule is COC(=O)N[C@H](C(=O)N[C@@H](Cc1ccc(C#Cc2cnc(N3CC4CCC(C3)N4C3COC3)cc2C)cc1)[C@@H](O)CN(Cc1c(F)cc(C(=N)/C=C\NC(F)F)cc1F)NC(=O)[C@@H](NC(=O)OC)C(C)(C)C(F)(F)F)C(C)(C)C(F)(F)F. The van der Waals surface area contributed by atoms with Gasteiger partial charge >= 0.3 is 31.1 Å². The first-order valence-corrected chi connectivity index (χ1v) is 25.7. The van der Waals surface area contributed by atoms with Crippen molar-refractivity contribution < 1.29 is 82.4 Å². The van der Waals surface area contributed by atoms with Gasteiger partial charge < -0.3 is 50.9 Å². The summed E-state index contributed by atoms with van der Waals surface area (Å²) in [6.45, 7) is 1.93. The Hall–Kier alpha value is -7.22. The van der Waals surface area contributed by atoms with Gasteiger partial charge in [-0.25, -0.2) is 28.4 Å². The first-order chi connectivity index (χ1) is 38.3. The number of allylic oxidation sites excluding steroid dienone is 1. The molecule has 0 saturated carbocycles. The maximum atomic E-state index is 16.0. The molecule has 0 radical (unpaired) electrons. The quantitative estimate of drug-likeness (QED) is 0.0203. The Morgan fingerprint density at radius 1 is 0.841 bits per heavy atom. The van der Waals surface area contributed by atoms with Crippen molar-refractivity contribution in [3.63, 3.8) is 0 Å². The third kappa shape index (κ3) is 15.5. The highest BCUT2D eigenvalue weighted by molar-refractivity contribution is 6.06. The molecule has 7 N–H and O–H groups in total. The minimum absolute atomic E-state index is 0.265. The molecule has 6 atom stereocenters. The molecule has 0 aliphatic carbocycles. The number of rotatable bonds is 21. The number of carbonyl (C=O) groups is 4. The van der Waals surface area contributed by atoms with Gasteiger partial charge in [0.25, 0.3) is 5.91 Å². The second-order valence-electron chi connectivity index (χ2n) is 21.2. The van der Waals surface area contributed by atoms with Crippen LogP contribution in [0.5, 0.6) is 0 Å². The van der Waals surface area contributed by atoms with E-state index in [0.29, 0.717) is 80.3 Å². The predicted molar refractivity (Wildman–Crippen MR) is 277 cm³/mol. The Morgan fingerprint density at radius 2 is 1.39 bits per heavy atom. The fourth-order valence-corrected chi connectivity index (χ4v) is 9.58. The number of anilines is 1. The van der Waals surface area contributed by atoms with E-state index in [-0.39, 0.29) is 5.56 Å². The molecule has 3 aromatic rings. The van der Waals surface area contributed by atoms with E-state index in [1.165, 1.54) is 12.1 Å². The summed E-state index contributed by atoms with van der Waals surface area (Å²) in [5.41, 5.74) is -4.10. The summed E-state index contributed by atoms with van der Waals surface area (Å²) in [7, 11) is 1.59. The highest BCUT2D eigenvalue weighted by atomic mass is 19.4. The number of ether oxygens (including phenoxy) is 3. The normalized spacial score (nSPS) is 18.4. The summed E-state index contributed by atoms with van der Waals surface area (Å²) in [5.74, 6) is 0.779. The van der Waals surface area contributed by atoms with Gasteiger partial charge in [0.15, 0.2) is 0 Å². The van der Waals surface area contributed by atoms with Crippen molar-refractivity contribution >= 4 is 35.5 Å². The number of nitrogens with zero attached hydrogens (tertiary/aromatic N) is 4. The molecule has 4 amide bonds. The van der Waals surface area contributed by atoms with Crippen LogP contribution in [0.15, 0.2) is 60.9 Å². The lowest BCUT2D eigenvalue weighted by Crippen LogP contribution is -2.63. The zero-order chi connectivity index (χ0) is 60.6. The maximum absolute atomic E-state index is 16.0. The van der Waals surface area contributed by atoms with Gasteiger partial charge in [-0.2, -0.15) is 35.1 Å². The summed E-state index contributed by atoms with van der Waals surface area (Å²) in [4.78, 5) is 62.5. The number of alkyl halides is 8. The molecule has 3 saturated heterocycles. The van der Waals surface area contributed by atoms with Gasteiger partial charge in [0.1, 0.15) is 29.5 Å². The van der Waals surface area contributed by atoms with Crippen LogP contribution in [0, 0.1) is 46.6 Å². The molecular weight excluding hydrogens is 1110 g/mol.